The lowest BCUT2D eigenvalue weighted by atomic mass is 9.90. The van der Waals surface area contributed by atoms with Gasteiger partial charge in [0.15, 0.2) is 0 Å². The molecule has 0 radical (unpaired) electrons. The fourth-order valence-electron chi connectivity index (χ4n) is 4.66. The van der Waals surface area contributed by atoms with E-state index < -0.39 is 0 Å². The van der Waals surface area contributed by atoms with Crippen LogP contribution in [0.25, 0.3) is 10.8 Å². The van der Waals surface area contributed by atoms with Crippen LogP contribution in [-0.2, 0) is 11.2 Å². The summed E-state index contributed by atoms with van der Waals surface area (Å²) in [7, 11) is 0. The molecule has 1 saturated carbocycles. The van der Waals surface area contributed by atoms with Gasteiger partial charge in [0.2, 0.25) is 0 Å². The van der Waals surface area contributed by atoms with Crippen molar-refractivity contribution in [3.8, 4) is 0 Å². The molecular formula is C23H31NO. The molecule has 1 saturated heterocycles. The van der Waals surface area contributed by atoms with Gasteiger partial charge < -0.3 is 4.74 Å². The highest BCUT2D eigenvalue weighted by molar-refractivity contribution is 5.82. The number of likely N-dealkylation sites (tertiary alicyclic amines) is 1. The van der Waals surface area contributed by atoms with Gasteiger partial charge in [-0.25, -0.2) is 0 Å². The molecule has 2 atom stereocenters. The SMILES string of the molecule is c1ccc2cc(CCO[C@@H]3CCCC[C@H]3N3CCCCC3)ccc2c1. The third kappa shape index (κ3) is 4.24. The normalized spacial score (nSPS) is 25.3. The molecule has 1 aliphatic carbocycles. The molecule has 2 nitrogen and oxygen atoms in total. The molecule has 2 aliphatic rings. The quantitative estimate of drug-likeness (QED) is 0.744. The lowest BCUT2D eigenvalue weighted by Gasteiger charge is -2.41. The number of nitrogens with zero attached hydrogens (tertiary/aromatic N) is 1. The second-order valence-corrected chi connectivity index (χ2v) is 7.79. The molecule has 2 aromatic carbocycles. The number of rotatable bonds is 5. The van der Waals surface area contributed by atoms with Crippen LogP contribution in [0.15, 0.2) is 42.5 Å². The van der Waals surface area contributed by atoms with E-state index in [1.807, 2.05) is 0 Å². The first-order chi connectivity index (χ1) is 12.4. The largest absolute Gasteiger partial charge is 0.376 e. The molecule has 134 valence electrons. The number of hydrogen-bond donors (Lipinski definition) is 0. The van der Waals surface area contributed by atoms with Crippen molar-refractivity contribution in [2.75, 3.05) is 19.7 Å². The second-order valence-electron chi connectivity index (χ2n) is 7.79. The van der Waals surface area contributed by atoms with Crippen molar-refractivity contribution < 1.29 is 4.74 Å². The van der Waals surface area contributed by atoms with E-state index in [9.17, 15) is 0 Å². The van der Waals surface area contributed by atoms with Crippen LogP contribution >= 0.6 is 0 Å². The Labute approximate surface area is 152 Å². The Balaban J connectivity index is 1.34. The fraction of sp³-hybridized carbons (Fsp3) is 0.565. The van der Waals surface area contributed by atoms with Gasteiger partial charge in [-0.3, -0.25) is 4.90 Å². The molecule has 0 aromatic heterocycles. The molecule has 1 aliphatic heterocycles. The molecule has 2 heteroatoms. The van der Waals surface area contributed by atoms with E-state index in [0.29, 0.717) is 12.1 Å². The van der Waals surface area contributed by atoms with Crippen LogP contribution in [0, 0.1) is 0 Å². The van der Waals surface area contributed by atoms with Crippen LogP contribution in [-0.4, -0.2) is 36.7 Å². The van der Waals surface area contributed by atoms with E-state index in [1.54, 1.807) is 0 Å². The molecule has 0 unspecified atom stereocenters. The van der Waals surface area contributed by atoms with Crippen LogP contribution in [0.5, 0.6) is 0 Å². The highest BCUT2D eigenvalue weighted by Gasteiger charge is 2.31. The van der Waals surface area contributed by atoms with Crippen LogP contribution in [0.2, 0.25) is 0 Å². The summed E-state index contributed by atoms with van der Waals surface area (Å²) in [5.74, 6) is 0. The lowest BCUT2D eigenvalue weighted by molar-refractivity contribution is -0.0400. The van der Waals surface area contributed by atoms with Gasteiger partial charge in [-0.1, -0.05) is 61.7 Å². The number of ether oxygens (including phenoxy) is 1. The number of fused-ring (bicyclic) bond motifs is 1. The maximum Gasteiger partial charge on any atom is 0.0730 e. The predicted octanol–water partition coefficient (Wildman–Crippen LogP) is 5.20. The van der Waals surface area contributed by atoms with Crippen LogP contribution in [0.3, 0.4) is 0 Å². The number of hydrogen-bond acceptors (Lipinski definition) is 2. The van der Waals surface area contributed by atoms with Gasteiger partial charge >= 0.3 is 0 Å². The molecule has 0 spiro atoms. The van der Waals surface area contributed by atoms with Gasteiger partial charge in [0.1, 0.15) is 0 Å². The first-order valence-corrected chi connectivity index (χ1v) is 10.2. The third-order valence-electron chi connectivity index (χ3n) is 6.06. The van der Waals surface area contributed by atoms with E-state index in [2.05, 4.69) is 47.4 Å². The molecule has 0 amide bonds. The Kier molecular flexibility index (Phi) is 5.68. The smallest absolute Gasteiger partial charge is 0.0730 e. The molecule has 1 heterocycles. The predicted molar refractivity (Wildman–Crippen MR) is 105 cm³/mol. The van der Waals surface area contributed by atoms with E-state index in [4.69, 9.17) is 4.74 Å². The standard InChI is InChI=1S/C23H31NO/c1-6-15-24(16-7-1)22-10-4-5-11-23(22)25-17-14-19-12-13-20-8-2-3-9-21(20)18-19/h2-3,8-9,12-13,18,22-23H,1,4-7,10-11,14-17H2/t22-,23-/m1/s1. The summed E-state index contributed by atoms with van der Waals surface area (Å²) in [6.07, 6.45) is 10.9. The molecular weight excluding hydrogens is 306 g/mol. The van der Waals surface area contributed by atoms with E-state index in [-0.39, 0.29) is 0 Å². The van der Waals surface area contributed by atoms with Crippen LogP contribution in [0.4, 0.5) is 0 Å². The van der Waals surface area contributed by atoms with Gasteiger partial charge in [-0.15, -0.1) is 0 Å². The summed E-state index contributed by atoms with van der Waals surface area (Å²) in [5.41, 5.74) is 1.39. The van der Waals surface area contributed by atoms with E-state index >= 15 is 0 Å². The Morgan fingerprint density at radius 3 is 2.52 bits per heavy atom. The summed E-state index contributed by atoms with van der Waals surface area (Å²) >= 11 is 0. The fourth-order valence-corrected chi connectivity index (χ4v) is 4.66. The van der Waals surface area contributed by atoms with Crippen molar-refractivity contribution in [3.63, 3.8) is 0 Å². The maximum atomic E-state index is 6.42. The Bertz CT molecular complexity index is 677. The number of benzene rings is 2. The van der Waals surface area contributed by atoms with E-state index in [0.717, 1.165) is 13.0 Å². The number of piperidine rings is 1. The topological polar surface area (TPSA) is 12.5 Å². The Morgan fingerprint density at radius 2 is 1.64 bits per heavy atom. The minimum absolute atomic E-state index is 0.451. The van der Waals surface area contributed by atoms with Crippen molar-refractivity contribution in [2.45, 2.75) is 63.5 Å². The van der Waals surface area contributed by atoms with Gasteiger partial charge in [-0.05, 0) is 61.5 Å². The first-order valence-electron chi connectivity index (χ1n) is 10.2. The zero-order valence-corrected chi connectivity index (χ0v) is 15.3. The van der Waals surface area contributed by atoms with Crippen molar-refractivity contribution in [1.29, 1.82) is 0 Å². The highest BCUT2D eigenvalue weighted by atomic mass is 16.5. The van der Waals surface area contributed by atoms with Crippen LogP contribution in [0.1, 0.15) is 50.5 Å². The summed E-state index contributed by atoms with van der Waals surface area (Å²) in [5, 5.41) is 2.66. The minimum atomic E-state index is 0.451. The molecule has 2 aromatic rings. The minimum Gasteiger partial charge on any atom is -0.376 e. The average molecular weight is 338 g/mol. The summed E-state index contributed by atoms with van der Waals surface area (Å²) in [6.45, 7) is 3.43. The zero-order valence-electron chi connectivity index (χ0n) is 15.3. The van der Waals surface area contributed by atoms with Crippen molar-refractivity contribution in [1.82, 2.24) is 4.90 Å². The van der Waals surface area contributed by atoms with Gasteiger partial charge in [0.25, 0.3) is 0 Å². The Hall–Kier alpha value is -1.38. The second kappa shape index (κ2) is 8.33. The van der Waals surface area contributed by atoms with E-state index in [1.165, 1.54) is 74.4 Å². The van der Waals surface area contributed by atoms with Gasteiger partial charge in [0, 0.05) is 6.04 Å². The van der Waals surface area contributed by atoms with Gasteiger partial charge in [0.05, 0.1) is 12.7 Å². The zero-order chi connectivity index (χ0) is 16.9. The molecule has 25 heavy (non-hydrogen) atoms. The summed E-state index contributed by atoms with van der Waals surface area (Å²) < 4.78 is 6.42. The van der Waals surface area contributed by atoms with Crippen molar-refractivity contribution >= 4 is 10.8 Å². The molecule has 4 rings (SSSR count). The Morgan fingerprint density at radius 1 is 0.840 bits per heavy atom. The molecule has 0 bridgehead atoms. The first kappa shape index (κ1) is 17.1. The van der Waals surface area contributed by atoms with Crippen molar-refractivity contribution in [2.24, 2.45) is 0 Å². The van der Waals surface area contributed by atoms with Gasteiger partial charge in [-0.2, -0.15) is 0 Å². The van der Waals surface area contributed by atoms with Crippen LogP contribution < -0.4 is 0 Å². The highest BCUT2D eigenvalue weighted by Crippen LogP contribution is 2.28. The maximum absolute atomic E-state index is 6.42. The van der Waals surface area contributed by atoms with Crippen molar-refractivity contribution in [3.05, 3.63) is 48.0 Å². The summed E-state index contributed by atoms with van der Waals surface area (Å²) in [4.78, 5) is 2.73. The lowest BCUT2D eigenvalue weighted by Crippen LogP contribution is -2.48. The molecule has 0 N–H and O–H groups in total. The monoisotopic (exact) mass is 337 g/mol. The average Bonchev–Trinajstić information content (AvgIpc) is 2.69. The third-order valence-corrected chi connectivity index (χ3v) is 6.06. The molecule has 2 fully saturated rings. The summed E-state index contributed by atoms with van der Waals surface area (Å²) in [6, 6.07) is 16.1.